The number of rotatable bonds is 6. The molecule has 4 heteroatoms. The summed E-state index contributed by atoms with van der Waals surface area (Å²) in [5, 5.41) is 9.72. The van der Waals surface area contributed by atoms with Crippen LogP contribution in [0.15, 0.2) is 15.9 Å². The first kappa shape index (κ1) is 12.6. The zero-order valence-corrected chi connectivity index (χ0v) is 11.4. The Morgan fingerprint density at radius 1 is 1.57 bits per heavy atom. The summed E-state index contributed by atoms with van der Waals surface area (Å²) in [5.74, 6) is 1.14. The SMILES string of the molecule is CSCCCC(O)Cc1ccc(Br)s1. The fourth-order valence-corrected chi connectivity index (χ4v) is 3.27. The van der Waals surface area contributed by atoms with Crippen molar-refractivity contribution in [3.8, 4) is 0 Å². The predicted octanol–water partition coefficient (Wildman–Crippen LogP) is 3.56. The van der Waals surface area contributed by atoms with Gasteiger partial charge in [0.25, 0.3) is 0 Å². The number of halogens is 1. The van der Waals surface area contributed by atoms with E-state index in [1.807, 2.05) is 17.8 Å². The van der Waals surface area contributed by atoms with Crippen molar-refractivity contribution in [1.29, 1.82) is 0 Å². The molecule has 0 aliphatic rings. The third kappa shape index (κ3) is 4.82. The van der Waals surface area contributed by atoms with Crippen molar-refractivity contribution < 1.29 is 5.11 Å². The average Bonchev–Trinajstić information content (AvgIpc) is 2.52. The summed E-state index contributed by atoms with van der Waals surface area (Å²) in [6.45, 7) is 0. The maximum atomic E-state index is 9.72. The first-order valence-electron chi connectivity index (χ1n) is 4.63. The maximum absolute atomic E-state index is 9.72. The van der Waals surface area contributed by atoms with Crippen LogP contribution >= 0.6 is 39.0 Å². The fourth-order valence-electron chi connectivity index (χ4n) is 1.26. The second-order valence-corrected chi connectivity index (χ2v) is 6.73. The van der Waals surface area contributed by atoms with E-state index in [-0.39, 0.29) is 6.10 Å². The molecular formula is C10H15BrOS2. The highest BCUT2D eigenvalue weighted by Crippen LogP contribution is 2.23. The Kier molecular flexibility index (Phi) is 6.17. The molecule has 0 radical (unpaired) electrons. The molecule has 0 spiro atoms. The second-order valence-electron chi connectivity index (χ2n) is 3.20. The normalized spacial score (nSPS) is 13.1. The van der Waals surface area contributed by atoms with Crippen LogP contribution in [0, 0.1) is 0 Å². The molecule has 0 fully saturated rings. The largest absolute Gasteiger partial charge is 0.393 e. The molecule has 1 aromatic heterocycles. The van der Waals surface area contributed by atoms with Crippen LogP contribution < -0.4 is 0 Å². The number of thioether (sulfide) groups is 1. The van der Waals surface area contributed by atoms with Gasteiger partial charge in [0.1, 0.15) is 0 Å². The van der Waals surface area contributed by atoms with Gasteiger partial charge in [-0.15, -0.1) is 11.3 Å². The van der Waals surface area contributed by atoms with E-state index in [4.69, 9.17) is 0 Å². The van der Waals surface area contributed by atoms with Gasteiger partial charge < -0.3 is 5.11 Å². The van der Waals surface area contributed by atoms with Gasteiger partial charge in [0.15, 0.2) is 0 Å². The molecule has 0 bridgehead atoms. The van der Waals surface area contributed by atoms with Crippen molar-refractivity contribution in [3.05, 3.63) is 20.8 Å². The lowest BCUT2D eigenvalue weighted by Crippen LogP contribution is -2.09. The van der Waals surface area contributed by atoms with E-state index in [1.165, 1.54) is 4.88 Å². The van der Waals surface area contributed by atoms with Crippen LogP contribution in [0.3, 0.4) is 0 Å². The standard InChI is InChI=1S/C10H15BrOS2/c1-13-6-2-3-8(12)7-9-4-5-10(11)14-9/h4-5,8,12H,2-3,6-7H2,1H3. The Labute approximate surface area is 102 Å². The first-order chi connectivity index (χ1) is 6.72. The number of hydrogen-bond donors (Lipinski definition) is 1. The molecule has 0 saturated carbocycles. The molecule has 14 heavy (non-hydrogen) atoms. The van der Waals surface area contributed by atoms with Crippen molar-refractivity contribution in [1.82, 2.24) is 0 Å². The van der Waals surface area contributed by atoms with Gasteiger partial charge in [-0.25, -0.2) is 0 Å². The zero-order chi connectivity index (χ0) is 10.4. The quantitative estimate of drug-likeness (QED) is 0.810. The van der Waals surface area contributed by atoms with Crippen LogP contribution in [-0.4, -0.2) is 23.2 Å². The molecule has 0 aliphatic heterocycles. The van der Waals surface area contributed by atoms with Crippen molar-refractivity contribution in [2.24, 2.45) is 0 Å². The van der Waals surface area contributed by atoms with Crippen molar-refractivity contribution in [2.45, 2.75) is 25.4 Å². The zero-order valence-electron chi connectivity index (χ0n) is 8.20. The van der Waals surface area contributed by atoms with Crippen LogP contribution in [0.25, 0.3) is 0 Å². The molecule has 1 unspecified atom stereocenters. The van der Waals surface area contributed by atoms with Gasteiger partial charge >= 0.3 is 0 Å². The summed E-state index contributed by atoms with van der Waals surface area (Å²) in [7, 11) is 0. The van der Waals surface area contributed by atoms with Gasteiger partial charge in [-0.3, -0.25) is 0 Å². The van der Waals surface area contributed by atoms with E-state index in [1.54, 1.807) is 11.3 Å². The molecule has 0 amide bonds. The lowest BCUT2D eigenvalue weighted by molar-refractivity contribution is 0.165. The number of hydrogen-bond acceptors (Lipinski definition) is 3. The van der Waals surface area contributed by atoms with Crippen LogP contribution in [0.2, 0.25) is 0 Å². The summed E-state index contributed by atoms with van der Waals surface area (Å²) < 4.78 is 1.14. The molecule has 1 aromatic rings. The topological polar surface area (TPSA) is 20.2 Å². The first-order valence-corrected chi connectivity index (χ1v) is 7.64. The minimum Gasteiger partial charge on any atom is -0.393 e. The van der Waals surface area contributed by atoms with Crippen LogP contribution in [0.4, 0.5) is 0 Å². The molecule has 1 atom stereocenters. The predicted molar refractivity (Wildman–Crippen MR) is 69.3 cm³/mol. The third-order valence-corrected chi connectivity index (χ3v) is 4.29. The van der Waals surface area contributed by atoms with E-state index in [2.05, 4.69) is 28.3 Å². The molecule has 1 rings (SSSR count). The van der Waals surface area contributed by atoms with E-state index >= 15 is 0 Å². The Bertz CT molecular complexity index is 262. The van der Waals surface area contributed by atoms with E-state index in [9.17, 15) is 5.11 Å². The lowest BCUT2D eigenvalue weighted by Gasteiger charge is -2.07. The minimum absolute atomic E-state index is 0.173. The number of aliphatic hydroxyl groups excluding tert-OH is 1. The second kappa shape index (κ2) is 6.88. The molecule has 1 nitrogen and oxygen atoms in total. The summed E-state index contributed by atoms with van der Waals surface area (Å²) in [6, 6.07) is 4.11. The lowest BCUT2D eigenvalue weighted by atomic mass is 10.1. The molecule has 0 aromatic carbocycles. The monoisotopic (exact) mass is 294 g/mol. The molecule has 0 saturated heterocycles. The Morgan fingerprint density at radius 3 is 2.93 bits per heavy atom. The maximum Gasteiger partial charge on any atom is 0.0701 e. The highest BCUT2D eigenvalue weighted by Gasteiger charge is 2.06. The van der Waals surface area contributed by atoms with Crippen molar-refractivity contribution in [2.75, 3.05) is 12.0 Å². The fraction of sp³-hybridized carbons (Fsp3) is 0.600. The van der Waals surface area contributed by atoms with Gasteiger partial charge in [-0.2, -0.15) is 11.8 Å². The molecular weight excluding hydrogens is 280 g/mol. The summed E-state index contributed by atoms with van der Waals surface area (Å²) in [6.07, 6.45) is 4.74. The Morgan fingerprint density at radius 2 is 2.36 bits per heavy atom. The molecule has 80 valence electrons. The van der Waals surface area contributed by atoms with E-state index in [0.29, 0.717) is 0 Å². The number of thiophene rings is 1. The van der Waals surface area contributed by atoms with Gasteiger partial charge in [-0.05, 0) is 52.9 Å². The van der Waals surface area contributed by atoms with Crippen molar-refractivity contribution >= 4 is 39.0 Å². The third-order valence-electron chi connectivity index (χ3n) is 1.95. The van der Waals surface area contributed by atoms with Gasteiger partial charge in [0, 0.05) is 11.3 Å². The molecule has 0 aliphatic carbocycles. The van der Waals surface area contributed by atoms with Gasteiger partial charge in [0.2, 0.25) is 0 Å². The highest BCUT2D eigenvalue weighted by atomic mass is 79.9. The van der Waals surface area contributed by atoms with Crippen LogP contribution in [0.5, 0.6) is 0 Å². The van der Waals surface area contributed by atoms with E-state index < -0.39 is 0 Å². The molecule has 1 N–H and O–H groups in total. The summed E-state index contributed by atoms with van der Waals surface area (Å²) in [4.78, 5) is 1.26. The Balaban J connectivity index is 2.23. The van der Waals surface area contributed by atoms with Crippen molar-refractivity contribution in [3.63, 3.8) is 0 Å². The highest BCUT2D eigenvalue weighted by molar-refractivity contribution is 9.11. The number of aliphatic hydroxyl groups is 1. The smallest absolute Gasteiger partial charge is 0.0701 e. The van der Waals surface area contributed by atoms with Crippen LogP contribution in [0.1, 0.15) is 17.7 Å². The average molecular weight is 295 g/mol. The van der Waals surface area contributed by atoms with Crippen LogP contribution in [-0.2, 0) is 6.42 Å². The Hall–Kier alpha value is 0.490. The minimum atomic E-state index is -0.173. The summed E-state index contributed by atoms with van der Waals surface area (Å²) in [5.41, 5.74) is 0. The van der Waals surface area contributed by atoms with Gasteiger partial charge in [-0.1, -0.05) is 0 Å². The van der Waals surface area contributed by atoms with Gasteiger partial charge in [0.05, 0.1) is 9.89 Å². The molecule has 1 heterocycles. The van der Waals surface area contributed by atoms with E-state index in [0.717, 1.165) is 28.8 Å². The summed E-state index contributed by atoms with van der Waals surface area (Å²) >= 11 is 6.96.